The first-order chi connectivity index (χ1) is 9.16. The van der Waals surface area contributed by atoms with Crippen LogP contribution in [0, 0.1) is 22.9 Å². The van der Waals surface area contributed by atoms with E-state index in [1.54, 1.807) is 0 Å². The van der Waals surface area contributed by atoms with Crippen molar-refractivity contribution in [1.29, 1.82) is 0 Å². The second kappa shape index (κ2) is 6.26. The number of halogens is 3. The Morgan fingerprint density at radius 3 is 2.15 bits per heavy atom. The number of carbonyl (C=O) groups excluding carboxylic acids is 1. The van der Waals surface area contributed by atoms with Crippen LogP contribution in [-0.2, 0) is 0 Å². The molecule has 6 heteroatoms. The minimum Gasteiger partial charge on any atom is -0.349 e. The van der Waals surface area contributed by atoms with Crippen LogP contribution in [0.3, 0.4) is 0 Å². The Morgan fingerprint density at radius 2 is 1.75 bits per heavy atom. The predicted octanol–water partition coefficient (Wildman–Crippen LogP) is 2.60. The Balaban J connectivity index is 2.95. The van der Waals surface area contributed by atoms with Gasteiger partial charge in [-0.3, -0.25) is 4.79 Å². The molecule has 0 heterocycles. The zero-order valence-electron chi connectivity index (χ0n) is 11.8. The molecule has 0 aromatic heterocycles. The van der Waals surface area contributed by atoms with E-state index >= 15 is 0 Å². The van der Waals surface area contributed by atoms with Gasteiger partial charge in [-0.2, -0.15) is 0 Å². The minimum absolute atomic E-state index is 0.254. The summed E-state index contributed by atoms with van der Waals surface area (Å²) in [5, 5.41) is 2.67. The van der Waals surface area contributed by atoms with Gasteiger partial charge in [0.25, 0.3) is 5.91 Å². The van der Waals surface area contributed by atoms with E-state index in [2.05, 4.69) is 5.32 Å². The first-order valence-electron chi connectivity index (χ1n) is 6.32. The van der Waals surface area contributed by atoms with E-state index in [-0.39, 0.29) is 17.0 Å². The van der Waals surface area contributed by atoms with Crippen LogP contribution >= 0.6 is 0 Å². The first-order valence-corrected chi connectivity index (χ1v) is 6.32. The topological polar surface area (TPSA) is 55.1 Å². The highest BCUT2D eigenvalue weighted by atomic mass is 19.2. The molecule has 0 aliphatic carbocycles. The molecule has 0 fully saturated rings. The van der Waals surface area contributed by atoms with Gasteiger partial charge in [-0.25, -0.2) is 13.2 Å². The van der Waals surface area contributed by atoms with Crippen molar-refractivity contribution in [2.45, 2.75) is 33.2 Å². The summed E-state index contributed by atoms with van der Waals surface area (Å²) in [6, 6.07) is 1.10. The van der Waals surface area contributed by atoms with Crippen molar-refractivity contribution in [2.75, 3.05) is 6.54 Å². The standard InChI is InChI=1S/C14H19F3N2O/c1-14(2,3)11(4-5-18)19-13(20)8-6-9(15)12(17)10(16)7-8/h6-7,11H,4-5,18H2,1-3H3,(H,19,20). The molecule has 1 atom stereocenters. The summed E-state index contributed by atoms with van der Waals surface area (Å²) in [6.45, 7) is 6.12. The summed E-state index contributed by atoms with van der Waals surface area (Å²) in [5.74, 6) is -5.02. The van der Waals surface area contributed by atoms with Gasteiger partial charge in [0.1, 0.15) is 0 Å². The molecular formula is C14H19F3N2O. The van der Waals surface area contributed by atoms with E-state index in [4.69, 9.17) is 5.73 Å². The Morgan fingerprint density at radius 1 is 1.25 bits per heavy atom. The van der Waals surface area contributed by atoms with Crippen LogP contribution in [0.2, 0.25) is 0 Å². The summed E-state index contributed by atoms with van der Waals surface area (Å²) in [5.41, 5.74) is 4.97. The van der Waals surface area contributed by atoms with Gasteiger partial charge in [-0.05, 0) is 30.5 Å². The van der Waals surface area contributed by atoms with Crippen molar-refractivity contribution in [3.8, 4) is 0 Å². The first kappa shape index (κ1) is 16.5. The third kappa shape index (κ3) is 3.96. The highest BCUT2D eigenvalue weighted by Gasteiger charge is 2.26. The number of benzene rings is 1. The van der Waals surface area contributed by atoms with Crippen LogP contribution in [0.1, 0.15) is 37.6 Å². The van der Waals surface area contributed by atoms with Crippen molar-refractivity contribution in [1.82, 2.24) is 5.32 Å². The minimum atomic E-state index is -1.59. The van der Waals surface area contributed by atoms with Crippen LogP contribution in [0.25, 0.3) is 0 Å². The number of hydrogen-bond acceptors (Lipinski definition) is 2. The lowest BCUT2D eigenvalue weighted by atomic mass is 9.84. The Bertz CT molecular complexity index is 475. The maximum atomic E-state index is 13.1. The molecule has 1 aromatic rings. The molecule has 0 radical (unpaired) electrons. The van der Waals surface area contributed by atoms with E-state index in [0.29, 0.717) is 25.1 Å². The summed E-state index contributed by atoms with van der Waals surface area (Å²) in [6.07, 6.45) is 0.529. The summed E-state index contributed by atoms with van der Waals surface area (Å²) >= 11 is 0. The molecule has 0 saturated heterocycles. The smallest absolute Gasteiger partial charge is 0.251 e. The number of amides is 1. The van der Waals surface area contributed by atoms with Crippen LogP contribution in [-0.4, -0.2) is 18.5 Å². The van der Waals surface area contributed by atoms with Gasteiger partial charge >= 0.3 is 0 Å². The molecule has 0 aliphatic rings. The van der Waals surface area contributed by atoms with Crippen molar-refractivity contribution in [3.63, 3.8) is 0 Å². The highest BCUT2D eigenvalue weighted by Crippen LogP contribution is 2.22. The lowest BCUT2D eigenvalue weighted by Gasteiger charge is -2.31. The van der Waals surface area contributed by atoms with E-state index < -0.39 is 23.4 Å². The average molecular weight is 288 g/mol. The van der Waals surface area contributed by atoms with Crippen LogP contribution < -0.4 is 11.1 Å². The molecule has 0 saturated carbocycles. The van der Waals surface area contributed by atoms with Gasteiger partial charge in [0.05, 0.1) is 0 Å². The quantitative estimate of drug-likeness (QED) is 0.837. The zero-order valence-corrected chi connectivity index (χ0v) is 11.8. The van der Waals surface area contributed by atoms with Crippen LogP contribution in [0.15, 0.2) is 12.1 Å². The van der Waals surface area contributed by atoms with E-state index in [1.807, 2.05) is 20.8 Å². The Labute approximate surface area is 116 Å². The number of hydrogen-bond donors (Lipinski definition) is 2. The molecule has 1 amide bonds. The second-order valence-corrected chi connectivity index (χ2v) is 5.72. The van der Waals surface area contributed by atoms with Crippen molar-refractivity contribution < 1.29 is 18.0 Å². The molecule has 112 valence electrons. The fourth-order valence-electron chi connectivity index (χ4n) is 1.82. The van der Waals surface area contributed by atoms with Crippen LogP contribution in [0.5, 0.6) is 0 Å². The fourth-order valence-corrected chi connectivity index (χ4v) is 1.82. The fraction of sp³-hybridized carbons (Fsp3) is 0.500. The van der Waals surface area contributed by atoms with E-state index in [0.717, 1.165) is 0 Å². The Kier molecular flexibility index (Phi) is 5.16. The van der Waals surface area contributed by atoms with Gasteiger partial charge in [0.15, 0.2) is 17.5 Å². The molecule has 0 bridgehead atoms. The van der Waals surface area contributed by atoms with Crippen molar-refractivity contribution >= 4 is 5.91 Å². The molecule has 0 spiro atoms. The van der Waals surface area contributed by atoms with E-state index in [9.17, 15) is 18.0 Å². The van der Waals surface area contributed by atoms with Gasteiger partial charge in [0.2, 0.25) is 0 Å². The Hall–Kier alpha value is -1.56. The third-order valence-electron chi connectivity index (χ3n) is 3.05. The second-order valence-electron chi connectivity index (χ2n) is 5.72. The lowest BCUT2D eigenvalue weighted by Crippen LogP contribution is -2.44. The third-order valence-corrected chi connectivity index (χ3v) is 3.05. The van der Waals surface area contributed by atoms with Crippen molar-refractivity contribution in [3.05, 3.63) is 35.1 Å². The maximum absolute atomic E-state index is 13.1. The number of nitrogens with two attached hydrogens (primary N) is 1. The van der Waals surface area contributed by atoms with E-state index in [1.165, 1.54) is 0 Å². The normalized spacial score (nSPS) is 13.2. The highest BCUT2D eigenvalue weighted by molar-refractivity contribution is 5.94. The average Bonchev–Trinajstić information content (AvgIpc) is 2.33. The largest absolute Gasteiger partial charge is 0.349 e. The summed E-state index contributed by atoms with van der Waals surface area (Å²) < 4.78 is 39.1. The molecule has 1 unspecified atom stereocenters. The van der Waals surface area contributed by atoms with Gasteiger partial charge in [-0.15, -0.1) is 0 Å². The SMILES string of the molecule is CC(C)(C)C(CCN)NC(=O)c1cc(F)c(F)c(F)c1. The monoisotopic (exact) mass is 288 g/mol. The van der Waals surface area contributed by atoms with Gasteiger partial charge in [0, 0.05) is 11.6 Å². The summed E-state index contributed by atoms with van der Waals surface area (Å²) in [7, 11) is 0. The maximum Gasteiger partial charge on any atom is 0.251 e. The van der Waals surface area contributed by atoms with Crippen molar-refractivity contribution in [2.24, 2.45) is 11.1 Å². The lowest BCUT2D eigenvalue weighted by molar-refractivity contribution is 0.0897. The molecular weight excluding hydrogens is 269 g/mol. The number of rotatable bonds is 4. The van der Waals surface area contributed by atoms with Gasteiger partial charge in [-0.1, -0.05) is 20.8 Å². The molecule has 3 N–H and O–H groups in total. The predicted molar refractivity (Wildman–Crippen MR) is 70.7 cm³/mol. The molecule has 1 aromatic carbocycles. The molecule has 3 nitrogen and oxygen atoms in total. The summed E-state index contributed by atoms with van der Waals surface area (Å²) in [4.78, 5) is 12.0. The van der Waals surface area contributed by atoms with Gasteiger partial charge < -0.3 is 11.1 Å². The molecule has 1 rings (SSSR count). The number of nitrogens with one attached hydrogen (secondary N) is 1. The van der Waals surface area contributed by atoms with Crippen LogP contribution in [0.4, 0.5) is 13.2 Å². The zero-order chi connectivity index (χ0) is 15.5. The molecule has 20 heavy (non-hydrogen) atoms. The number of carbonyl (C=O) groups is 1. The molecule has 0 aliphatic heterocycles.